The quantitative estimate of drug-likeness (QED) is 0.127. The van der Waals surface area contributed by atoms with Crippen LogP contribution in [0.5, 0.6) is 0 Å². The highest BCUT2D eigenvalue weighted by Gasteiger charge is 2.17. The summed E-state index contributed by atoms with van der Waals surface area (Å²) in [5.41, 5.74) is 19.4. The van der Waals surface area contributed by atoms with Gasteiger partial charge >= 0.3 is 0 Å². The third-order valence-corrected chi connectivity index (χ3v) is 14.1. The summed E-state index contributed by atoms with van der Waals surface area (Å²) in [7, 11) is 0. The summed E-state index contributed by atoms with van der Waals surface area (Å²) in [6.45, 7) is 0. The molecular weight excluding hydrogens is 871 g/mol. The van der Waals surface area contributed by atoms with Crippen molar-refractivity contribution in [3.05, 3.63) is 285 Å². The third kappa shape index (κ3) is 8.11. The van der Waals surface area contributed by atoms with E-state index < -0.39 is 0 Å². The summed E-state index contributed by atoms with van der Waals surface area (Å²) in [6, 6.07) is 103. The lowest BCUT2D eigenvalue weighted by atomic mass is 9.89. The summed E-state index contributed by atoms with van der Waals surface area (Å²) in [6.07, 6.45) is 0. The molecule has 12 aromatic carbocycles. The predicted molar refractivity (Wildman–Crippen MR) is 304 cm³/mol. The molecule has 0 radical (unpaired) electrons. The van der Waals surface area contributed by atoms with E-state index in [9.17, 15) is 0 Å². The molecule has 13 rings (SSSR count). The Bertz CT molecular complexity index is 4020. The summed E-state index contributed by atoms with van der Waals surface area (Å²) >= 11 is 0. The molecule has 2 heteroatoms. The fourth-order valence-electron chi connectivity index (χ4n) is 10.4. The van der Waals surface area contributed by atoms with Gasteiger partial charge in [-0.3, -0.25) is 0 Å². The zero-order valence-corrected chi connectivity index (χ0v) is 39.5. The molecule has 72 heavy (non-hydrogen) atoms. The number of fused-ring (bicyclic) bond motifs is 4. The van der Waals surface area contributed by atoms with Gasteiger partial charge in [0.05, 0.1) is 0 Å². The maximum atomic E-state index is 6.21. The van der Waals surface area contributed by atoms with E-state index in [1.165, 1.54) is 60.5 Å². The van der Waals surface area contributed by atoms with Crippen LogP contribution in [0.4, 0.5) is 17.1 Å². The highest BCUT2D eigenvalue weighted by atomic mass is 16.3. The average Bonchev–Trinajstić information content (AvgIpc) is 3.91. The first-order chi connectivity index (χ1) is 35.7. The molecular formula is C70H47NO. The Kier molecular flexibility index (Phi) is 10.9. The van der Waals surface area contributed by atoms with E-state index in [1.54, 1.807) is 0 Å². The van der Waals surface area contributed by atoms with Crippen LogP contribution in [-0.2, 0) is 0 Å². The normalized spacial score (nSPS) is 11.3. The SMILES string of the molecule is c1ccc(-c2ccccc2-c2ccccc2-c2ccc(N(c3ccc(-c4ccc(-c5cccc(-c6cc7ccccc7o6)c5)cc4)cc3)c3ccc(-c4ccc5c(ccc6ccccc65)c4)cc3)cc2)cc1. The third-order valence-electron chi connectivity index (χ3n) is 14.1. The minimum Gasteiger partial charge on any atom is -0.456 e. The largest absolute Gasteiger partial charge is 0.456 e. The maximum absolute atomic E-state index is 6.21. The Morgan fingerprint density at radius 2 is 0.639 bits per heavy atom. The molecule has 0 fully saturated rings. The Labute approximate surface area is 420 Å². The van der Waals surface area contributed by atoms with Crippen LogP contribution in [-0.4, -0.2) is 0 Å². The zero-order valence-electron chi connectivity index (χ0n) is 39.5. The molecule has 0 amide bonds. The minimum atomic E-state index is 0.876. The molecule has 338 valence electrons. The minimum absolute atomic E-state index is 0.876. The molecule has 0 aliphatic rings. The molecule has 0 aliphatic carbocycles. The molecule has 1 heterocycles. The van der Waals surface area contributed by atoms with Crippen molar-refractivity contribution in [1.82, 2.24) is 0 Å². The Hall–Kier alpha value is -9.50. The van der Waals surface area contributed by atoms with E-state index in [4.69, 9.17) is 4.42 Å². The van der Waals surface area contributed by atoms with Crippen molar-refractivity contribution in [3.63, 3.8) is 0 Å². The topological polar surface area (TPSA) is 16.4 Å². The van der Waals surface area contributed by atoms with Gasteiger partial charge in [0.1, 0.15) is 11.3 Å². The van der Waals surface area contributed by atoms with Crippen LogP contribution in [0.2, 0.25) is 0 Å². The van der Waals surface area contributed by atoms with Gasteiger partial charge in [-0.15, -0.1) is 0 Å². The van der Waals surface area contributed by atoms with Crippen LogP contribution < -0.4 is 4.90 Å². The second-order valence-electron chi connectivity index (χ2n) is 18.5. The number of benzene rings is 12. The van der Waals surface area contributed by atoms with Crippen molar-refractivity contribution in [2.45, 2.75) is 0 Å². The highest BCUT2D eigenvalue weighted by Crippen LogP contribution is 2.42. The molecule has 0 saturated heterocycles. The molecule has 1 aromatic heterocycles. The number of para-hydroxylation sites is 1. The number of hydrogen-bond donors (Lipinski definition) is 0. The summed E-state index contributed by atoms with van der Waals surface area (Å²) < 4.78 is 6.21. The van der Waals surface area contributed by atoms with Crippen LogP contribution in [0.15, 0.2) is 290 Å². The van der Waals surface area contributed by atoms with Crippen molar-refractivity contribution in [2.24, 2.45) is 0 Å². The van der Waals surface area contributed by atoms with Gasteiger partial charge in [-0.05, 0) is 149 Å². The van der Waals surface area contributed by atoms with Gasteiger partial charge in [0.2, 0.25) is 0 Å². The monoisotopic (exact) mass is 917 g/mol. The molecule has 0 bridgehead atoms. The first-order valence-electron chi connectivity index (χ1n) is 24.6. The molecule has 0 unspecified atom stereocenters. The first kappa shape index (κ1) is 42.6. The van der Waals surface area contributed by atoms with Crippen molar-refractivity contribution in [2.75, 3.05) is 4.90 Å². The van der Waals surface area contributed by atoms with Gasteiger partial charge in [0, 0.05) is 28.0 Å². The lowest BCUT2D eigenvalue weighted by Crippen LogP contribution is -2.09. The Morgan fingerprint density at radius 1 is 0.222 bits per heavy atom. The summed E-state index contributed by atoms with van der Waals surface area (Å²) in [5.74, 6) is 0.876. The molecule has 0 spiro atoms. The van der Waals surface area contributed by atoms with E-state index in [0.29, 0.717) is 0 Å². The van der Waals surface area contributed by atoms with Gasteiger partial charge in [0.25, 0.3) is 0 Å². The van der Waals surface area contributed by atoms with Crippen LogP contribution in [0, 0.1) is 0 Å². The average molecular weight is 918 g/mol. The van der Waals surface area contributed by atoms with Crippen LogP contribution in [0.3, 0.4) is 0 Å². The Morgan fingerprint density at radius 3 is 1.26 bits per heavy atom. The zero-order chi connectivity index (χ0) is 47.8. The standard InChI is InChI=1S/C70H47NO/c1-2-13-52(14-3-1)64-20-7-9-22-67(64)68-23-10-8-21-65(68)54-35-42-62(43-36-54)71(61-40-33-51(34-41-61)56-37-44-66-57(45-56)30-29-53-15-4-6-19-63(53)66)60-38-31-49(32-39-60)48-25-27-50(28-26-48)55-17-12-18-58(46-55)70-47-59-16-5-11-24-69(59)72-70/h1-47H. The number of nitrogens with zero attached hydrogens (tertiary/aromatic N) is 1. The van der Waals surface area contributed by atoms with Crippen LogP contribution in [0.1, 0.15) is 0 Å². The number of anilines is 3. The molecule has 13 aromatic rings. The van der Waals surface area contributed by atoms with Crippen LogP contribution >= 0.6 is 0 Å². The second-order valence-corrected chi connectivity index (χ2v) is 18.5. The Balaban J connectivity index is 0.830. The van der Waals surface area contributed by atoms with E-state index >= 15 is 0 Å². The summed E-state index contributed by atoms with van der Waals surface area (Å²) in [4.78, 5) is 2.36. The predicted octanol–water partition coefficient (Wildman–Crippen LogP) is 19.9. The van der Waals surface area contributed by atoms with Crippen molar-refractivity contribution >= 4 is 49.6 Å². The van der Waals surface area contributed by atoms with Crippen molar-refractivity contribution < 1.29 is 4.42 Å². The number of furan rings is 1. The van der Waals surface area contributed by atoms with Gasteiger partial charge in [-0.2, -0.15) is 0 Å². The molecule has 0 saturated carbocycles. The van der Waals surface area contributed by atoms with Crippen molar-refractivity contribution in [3.8, 4) is 78.1 Å². The maximum Gasteiger partial charge on any atom is 0.135 e. The van der Waals surface area contributed by atoms with E-state index in [2.05, 4.69) is 272 Å². The smallest absolute Gasteiger partial charge is 0.135 e. The highest BCUT2D eigenvalue weighted by molar-refractivity contribution is 6.08. The van der Waals surface area contributed by atoms with Gasteiger partial charge in [0.15, 0.2) is 0 Å². The second kappa shape index (κ2) is 18.4. The number of hydrogen-bond acceptors (Lipinski definition) is 2. The molecule has 0 atom stereocenters. The van der Waals surface area contributed by atoms with Gasteiger partial charge < -0.3 is 9.32 Å². The van der Waals surface area contributed by atoms with Crippen LogP contribution in [0.25, 0.3) is 111 Å². The molecule has 0 aliphatic heterocycles. The molecule has 2 nitrogen and oxygen atoms in total. The lowest BCUT2D eigenvalue weighted by molar-refractivity contribution is 0.631. The van der Waals surface area contributed by atoms with E-state index in [-0.39, 0.29) is 0 Å². The number of rotatable bonds is 10. The molecule has 0 N–H and O–H groups in total. The van der Waals surface area contributed by atoms with Gasteiger partial charge in [-0.25, -0.2) is 0 Å². The van der Waals surface area contributed by atoms with Gasteiger partial charge in [-0.1, -0.05) is 224 Å². The van der Waals surface area contributed by atoms with E-state index in [0.717, 1.165) is 67.2 Å². The summed E-state index contributed by atoms with van der Waals surface area (Å²) in [5, 5.41) is 6.16. The van der Waals surface area contributed by atoms with E-state index in [1.807, 2.05) is 18.2 Å². The fraction of sp³-hybridized carbons (Fsp3) is 0. The van der Waals surface area contributed by atoms with Crippen molar-refractivity contribution in [1.29, 1.82) is 0 Å². The first-order valence-corrected chi connectivity index (χ1v) is 24.6. The lowest BCUT2D eigenvalue weighted by Gasteiger charge is -2.26. The fourth-order valence-corrected chi connectivity index (χ4v) is 10.4.